The van der Waals surface area contributed by atoms with Crippen LogP contribution in [0.3, 0.4) is 0 Å². The van der Waals surface area contributed by atoms with Crippen LogP contribution in [0, 0.1) is 6.92 Å². The van der Waals surface area contributed by atoms with E-state index in [1.165, 1.54) is 5.56 Å². The number of aryl methyl sites for hydroxylation is 1. The van der Waals surface area contributed by atoms with Gasteiger partial charge in [-0.15, -0.1) is 0 Å². The lowest BCUT2D eigenvalue weighted by atomic mass is 10.1. The lowest BCUT2D eigenvalue weighted by Gasteiger charge is -2.22. The molecule has 0 aromatic heterocycles. The molecule has 0 saturated heterocycles. The van der Waals surface area contributed by atoms with Crippen LogP contribution in [0.15, 0.2) is 53.0 Å². The zero-order chi connectivity index (χ0) is 14.5. The molecule has 2 aromatic carbocycles. The van der Waals surface area contributed by atoms with Crippen molar-refractivity contribution in [3.8, 4) is 0 Å². The Hall–Kier alpha value is -1.61. The second-order valence-electron chi connectivity index (χ2n) is 4.78. The predicted molar refractivity (Wildman–Crippen MR) is 87.5 cm³/mol. The maximum atomic E-state index is 12.3. The lowest BCUT2D eigenvalue weighted by molar-refractivity contribution is 0.0999. The summed E-state index contributed by atoms with van der Waals surface area (Å²) in [6.45, 7) is 5.34. The molecule has 0 heterocycles. The molecule has 0 saturated carbocycles. The van der Waals surface area contributed by atoms with Gasteiger partial charge in [0.25, 0.3) is 0 Å². The molecule has 0 aliphatic heterocycles. The molecule has 0 aliphatic rings. The van der Waals surface area contributed by atoms with E-state index in [1.807, 2.05) is 24.3 Å². The number of Topliss-reactive ketones (excluding diaryl/α,β-unsaturated/α-hetero) is 1. The highest BCUT2D eigenvalue weighted by Crippen LogP contribution is 2.16. The van der Waals surface area contributed by atoms with Gasteiger partial charge >= 0.3 is 0 Å². The van der Waals surface area contributed by atoms with Crippen molar-refractivity contribution in [2.24, 2.45) is 0 Å². The Morgan fingerprint density at radius 1 is 1.05 bits per heavy atom. The van der Waals surface area contributed by atoms with Crippen LogP contribution >= 0.6 is 15.9 Å². The standard InChI is InChI=1S/C17H18BrNO/c1-3-19(16-10-4-13(2)5-11-16)12-17(20)14-6-8-15(18)9-7-14/h4-11H,3,12H2,1-2H3. The first-order valence-corrected chi connectivity index (χ1v) is 7.50. The lowest BCUT2D eigenvalue weighted by Crippen LogP contribution is -2.29. The summed E-state index contributed by atoms with van der Waals surface area (Å²) in [5.74, 6) is 0.139. The Bertz CT molecular complexity index is 575. The quantitative estimate of drug-likeness (QED) is 0.753. The zero-order valence-electron chi connectivity index (χ0n) is 11.8. The molecule has 2 rings (SSSR count). The van der Waals surface area contributed by atoms with Gasteiger partial charge < -0.3 is 4.90 Å². The second kappa shape index (κ2) is 6.71. The minimum atomic E-state index is 0.139. The third-order valence-corrected chi connectivity index (χ3v) is 3.81. The monoisotopic (exact) mass is 331 g/mol. The van der Waals surface area contributed by atoms with E-state index < -0.39 is 0 Å². The summed E-state index contributed by atoms with van der Waals surface area (Å²) >= 11 is 3.38. The topological polar surface area (TPSA) is 20.3 Å². The minimum Gasteiger partial charge on any atom is -0.364 e. The van der Waals surface area contributed by atoms with Crippen LogP contribution in [-0.4, -0.2) is 18.9 Å². The molecular formula is C17H18BrNO. The molecule has 0 atom stereocenters. The fraction of sp³-hybridized carbons (Fsp3) is 0.235. The van der Waals surface area contributed by atoms with Crippen LogP contribution in [0.4, 0.5) is 5.69 Å². The Labute approximate surface area is 128 Å². The molecule has 0 fully saturated rings. The van der Waals surface area contributed by atoms with Gasteiger partial charge in [-0.1, -0.05) is 45.8 Å². The summed E-state index contributed by atoms with van der Waals surface area (Å²) in [6.07, 6.45) is 0. The van der Waals surface area contributed by atoms with E-state index >= 15 is 0 Å². The molecule has 3 heteroatoms. The van der Waals surface area contributed by atoms with Crippen molar-refractivity contribution in [1.82, 2.24) is 0 Å². The molecule has 0 N–H and O–H groups in total. The molecule has 0 aliphatic carbocycles. The highest BCUT2D eigenvalue weighted by molar-refractivity contribution is 9.10. The van der Waals surface area contributed by atoms with Crippen LogP contribution in [0.5, 0.6) is 0 Å². The summed E-state index contributed by atoms with van der Waals surface area (Å²) in [5, 5.41) is 0. The number of likely N-dealkylation sites (N-methyl/N-ethyl adjacent to an activating group) is 1. The minimum absolute atomic E-state index is 0.139. The highest BCUT2D eigenvalue weighted by Gasteiger charge is 2.11. The Balaban J connectivity index is 2.11. The van der Waals surface area contributed by atoms with Crippen LogP contribution in [0.2, 0.25) is 0 Å². The molecule has 0 radical (unpaired) electrons. The van der Waals surface area contributed by atoms with Crippen molar-refractivity contribution in [3.05, 3.63) is 64.1 Å². The normalized spacial score (nSPS) is 10.3. The summed E-state index contributed by atoms with van der Waals surface area (Å²) in [7, 11) is 0. The summed E-state index contributed by atoms with van der Waals surface area (Å²) in [6, 6.07) is 15.8. The maximum Gasteiger partial charge on any atom is 0.182 e. The molecule has 0 amide bonds. The van der Waals surface area contributed by atoms with E-state index in [2.05, 4.69) is 58.9 Å². The van der Waals surface area contributed by atoms with E-state index in [0.29, 0.717) is 6.54 Å². The van der Waals surface area contributed by atoms with Gasteiger partial charge in [-0.2, -0.15) is 0 Å². The number of hydrogen-bond donors (Lipinski definition) is 0. The largest absolute Gasteiger partial charge is 0.364 e. The number of halogens is 1. The van der Waals surface area contributed by atoms with Gasteiger partial charge in [0.1, 0.15) is 0 Å². The van der Waals surface area contributed by atoms with Crippen LogP contribution < -0.4 is 4.90 Å². The molecule has 2 nitrogen and oxygen atoms in total. The third kappa shape index (κ3) is 3.70. The van der Waals surface area contributed by atoms with E-state index in [0.717, 1.165) is 22.3 Å². The van der Waals surface area contributed by atoms with Gasteiger partial charge in [-0.3, -0.25) is 4.79 Å². The highest BCUT2D eigenvalue weighted by atomic mass is 79.9. The fourth-order valence-electron chi connectivity index (χ4n) is 2.04. The summed E-state index contributed by atoms with van der Waals surface area (Å²) < 4.78 is 0.986. The van der Waals surface area contributed by atoms with E-state index in [9.17, 15) is 4.79 Å². The van der Waals surface area contributed by atoms with E-state index in [1.54, 1.807) is 0 Å². The number of carbonyl (C=O) groups excluding carboxylic acids is 1. The average Bonchev–Trinajstić information content (AvgIpc) is 2.46. The summed E-state index contributed by atoms with van der Waals surface area (Å²) in [4.78, 5) is 14.4. The van der Waals surface area contributed by atoms with Crippen molar-refractivity contribution < 1.29 is 4.79 Å². The van der Waals surface area contributed by atoms with E-state index in [-0.39, 0.29) is 5.78 Å². The zero-order valence-corrected chi connectivity index (χ0v) is 13.4. The van der Waals surface area contributed by atoms with Crippen molar-refractivity contribution in [2.75, 3.05) is 18.0 Å². The fourth-order valence-corrected chi connectivity index (χ4v) is 2.31. The molecule has 2 aromatic rings. The number of nitrogens with zero attached hydrogens (tertiary/aromatic N) is 1. The van der Waals surface area contributed by atoms with Crippen LogP contribution in [0.1, 0.15) is 22.8 Å². The molecule has 104 valence electrons. The van der Waals surface area contributed by atoms with Crippen LogP contribution in [0.25, 0.3) is 0 Å². The third-order valence-electron chi connectivity index (χ3n) is 3.28. The van der Waals surface area contributed by atoms with Gasteiger partial charge in [0, 0.05) is 22.3 Å². The second-order valence-corrected chi connectivity index (χ2v) is 5.70. The molecule has 0 spiro atoms. The van der Waals surface area contributed by atoms with Crippen LogP contribution in [-0.2, 0) is 0 Å². The van der Waals surface area contributed by atoms with Gasteiger partial charge in [-0.25, -0.2) is 0 Å². The maximum absolute atomic E-state index is 12.3. The Morgan fingerprint density at radius 3 is 2.20 bits per heavy atom. The number of hydrogen-bond acceptors (Lipinski definition) is 2. The van der Waals surface area contributed by atoms with Crippen molar-refractivity contribution in [2.45, 2.75) is 13.8 Å². The summed E-state index contributed by atoms with van der Waals surface area (Å²) in [5.41, 5.74) is 3.06. The number of anilines is 1. The first-order valence-electron chi connectivity index (χ1n) is 6.70. The molecule has 20 heavy (non-hydrogen) atoms. The number of carbonyl (C=O) groups is 1. The van der Waals surface area contributed by atoms with Gasteiger partial charge in [0.05, 0.1) is 6.54 Å². The Morgan fingerprint density at radius 2 is 1.65 bits per heavy atom. The Kier molecular flexibility index (Phi) is 4.96. The van der Waals surface area contributed by atoms with Crippen molar-refractivity contribution >= 4 is 27.4 Å². The number of ketones is 1. The average molecular weight is 332 g/mol. The SMILES string of the molecule is CCN(CC(=O)c1ccc(Br)cc1)c1ccc(C)cc1. The van der Waals surface area contributed by atoms with Crippen molar-refractivity contribution in [3.63, 3.8) is 0 Å². The first kappa shape index (κ1) is 14.8. The van der Waals surface area contributed by atoms with Gasteiger partial charge in [0.2, 0.25) is 0 Å². The predicted octanol–water partition coefficient (Wildman–Crippen LogP) is 4.47. The molecular weight excluding hydrogens is 314 g/mol. The molecule has 0 bridgehead atoms. The van der Waals surface area contributed by atoms with Gasteiger partial charge in [0.15, 0.2) is 5.78 Å². The first-order chi connectivity index (χ1) is 9.60. The van der Waals surface area contributed by atoms with E-state index in [4.69, 9.17) is 0 Å². The van der Waals surface area contributed by atoms with Gasteiger partial charge in [-0.05, 0) is 38.1 Å². The number of benzene rings is 2. The smallest absolute Gasteiger partial charge is 0.182 e. The number of rotatable bonds is 5. The molecule has 0 unspecified atom stereocenters. The van der Waals surface area contributed by atoms with Crippen molar-refractivity contribution in [1.29, 1.82) is 0 Å².